The van der Waals surface area contributed by atoms with Crippen molar-refractivity contribution in [1.82, 2.24) is 10.2 Å². The predicted molar refractivity (Wildman–Crippen MR) is 64.3 cm³/mol. The molecule has 0 aliphatic rings. The zero-order valence-corrected chi connectivity index (χ0v) is 10.7. The van der Waals surface area contributed by atoms with Crippen LogP contribution in [0.4, 0.5) is 0 Å². The standard InChI is InChI=1S/C8H18IN3O/c1-4-10-8(13-9)11-6-5-7-12(2)3/h4-7H2,1-3H3,(H,10,11). The summed E-state index contributed by atoms with van der Waals surface area (Å²) in [6.07, 6.45) is 1.06. The molecule has 0 aromatic rings. The topological polar surface area (TPSA) is 36.9 Å². The van der Waals surface area contributed by atoms with Crippen LogP contribution in [0.25, 0.3) is 0 Å². The molecule has 0 heterocycles. The summed E-state index contributed by atoms with van der Waals surface area (Å²) >= 11 is 1.83. The van der Waals surface area contributed by atoms with Gasteiger partial charge in [0.15, 0.2) is 23.0 Å². The van der Waals surface area contributed by atoms with Gasteiger partial charge in [-0.15, -0.1) is 0 Å². The van der Waals surface area contributed by atoms with E-state index in [9.17, 15) is 0 Å². The fourth-order valence-corrected chi connectivity index (χ4v) is 1.12. The molecule has 0 spiro atoms. The van der Waals surface area contributed by atoms with Crippen molar-refractivity contribution in [3.8, 4) is 0 Å². The normalized spacial score (nSPS) is 11.9. The SMILES string of the molecule is CCN/C(=N/CCCN(C)C)OI. The second-order valence-electron chi connectivity index (χ2n) is 2.95. The minimum atomic E-state index is 0.627. The minimum Gasteiger partial charge on any atom is -0.394 e. The average Bonchev–Trinajstić information content (AvgIpc) is 2.10. The Morgan fingerprint density at radius 3 is 2.69 bits per heavy atom. The Morgan fingerprint density at radius 2 is 2.23 bits per heavy atom. The van der Waals surface area contributed by atoms with Gasteiger partial charge in [0.05, 0.1) is 0 Å². The molecule has 0 bridgehead atoms. The third-order valence-electron chi connectivity index (χ3n) is 1.42. The van der Waals surface area contributed by atoms with E-state index in [2.05, 4.69) is 29.3 Å². The zero-order chi connectivity index (χ0) is 10.1. The van der Waals surface area contributed by atoms with E-state index in [1.54, 1.807) is 0 Å². The van der Waals surface area contributed by atoms with Crippen LogP contribution in [0.1, 0.15) is 13.3 Å². The largest absolute Gasteiger partial charge is 0.394 e. The number of amidine groups is 1. The van der Waals surface area contributed by atoms with E-state index < -0.39 is 0 Å². The van der Waals surface area contributed by atoms with E-state index >= 15 is 0 Å². The molecule has 78 valence electrons. The van der Waals surface area contributed by atoms with Gasteiger partial charge in [-0.3, -0.25) is 0 Å². The van der Waals surface area contributed by atoms with E-state index in [-0.39, 0.29) is 0 Å². The highest BCUT2D eigenvalue weighted by Gasteiger charge is 1.95. The molecule has 4 nitrogen and oxygen atoms in total. The van der Waals surface area contributed by atoms with Crippen LogP contribution in [0, 0.1) is 0 Å². The predicted octanol–water partition coefficient (Wildman–Crippen LogP) is 1.27. The van der Waals surface area contributed by atoms with Crippen molar-refractivity contribution < 1.29 is 3.07 Å². The molecule has 0 aromatic heterocycles. The number of aliphatic imine (C=N–C) groups is 1. The molecular formula is C8H18IN3O. The van der Waals surface area contributed by atoms with Gasteiger partial charge in [0.1, 0.15) is 0 Å². The second-order valence-corrected chi connectivity index (χ2v) is 3.39. The van der Waals surface area contributed by atoms with Gasteiger partial charge in [-0.25, -0.2) is 4.99 Å². The van der Waals surface area contributed by atoms with Crippen molar-refractivity contribution in [1.29, 1.82) is 0 Å². The first-order valence-corrected chi connectivity index (χ1v) is 5.30. The zero-order valence-electron chi connectivity index (χ0n) is 8.51. The van der Waals surface area contributed by atoms with E-state index in [0.29, 0.717) is 6.02 Å². The quantitative estimate of drug-likeness (QED) is 0.359. The molecule has 0 unspecified atom stereocenters. The average molecular weight is 299 g/mol. The summed E-state index contributed by atoms with van der Waals surface area (Å²) in [5.41, 5.74) is 0. The van der Waals surface area contributed by atoms with Crippen molar-refractivity contribution in [2.24, 2.45) is 4.99 Å². The van der Waals surface area contributed by atoms with E-state index in [1.165, 1.54) is 0 Å². The number of nitrogens with one attached hydrogen (secondary N) is 1. The first kappa shape index (κ1) is 13.0. The summed E-state index contributed by atoms with van der Waals surface area (Å²) in [5.74, 6) is 0. The van der Waals surface area contributed by atoms with Gasteiger partial charge in [0.2, 0.25) is 0 Å². The summed E-state index contributed by atoms with van der Waals surface area (Å²) in [7, 11) is 4.12. The Balaban J connectivity index is 3.54. The van der Waals surface area contributed by atoms with Gasteiger partial charge in [0, 0.05) is 13.1 Å². The lowest BCUT2D eigenvalue weighted by molar-refractivity contribution is 0.402. The minimum absolute atomic E-state index is 0.627. The fourth-order valence-electron chi connectivity index (χ4n) is 0.826. The van der Waals surface area contributed by atoms with E-state index in [1.807, 2.05) is 29.9 Å². The van der Waals surface area contributed by atoms with Crippen molar-refractivity contribution in [2.45, 2.75) is 13.3 Å². The highest BCUT2D eigenvalue weighted by molar-refractivity contribution is 14.1. The molecule has 13 heavy (non-hydrogen) atoms. The molecule has 0 amide bonds. The maximum atomic E-state index is 4.99. The van der Waals surface area contributed by atoms with Gasteiger partial charge in [-0.1, -0.05) is 0 Å². The van der Waals surface area contributed by atoms with Gasteiger partial charge in [-0.2, -0.15) is 0 Å². The maximum absolute atomic E-state index is 4.99. The number of nitrogens with zero attached hydrogens (tertiary/aromatic N) is 2. The second kappa shape index (κ2) is 8.55. The van der Waals surface area contributed by atoms with Crippen molar-refractivity contribution in [3.05, 3.63) is 0 Å². The molecule has 0 rings (SSSR count). The van der Waals surface area contributed by atoms with Gasteiger partial charge >= 0.3 is 0 Å². The van der Waals surface area contributed by atoms with Gasteiger partial charge < -0.3 is 13.3 Å². The molecule has 0 aliphatic heterocycles. The molecule has 0 atom stereocenters. The number of hydrogen-bond donors (Lipinski definition) is 1. The number of rotatable bonds is 5. The molecular weight excluding hydrogens is 281 g/mol. The third kappa shape index (κ3) is 8.29. The van der Waals surface area contributed by atoms with Crippen LogP contribution in [0.15, 0.2) is 4.99 Å². The molecule has 1 N–H and O–H groups in total. The fraction of sp³-hybridized carbons (Fsp3) is 0.875. The lowest BCUT2D eigenvalue weighted by Gasteiger charge is -2.07. The summed E-state index contributed by atoms with van der Waals surface area (Å²) in [5, 5.41) is 3.03. The molecule has 5 heteroatoms. The van der Waals surface area contributed by atoms with Crippen LogP contribution < -0.4 is 5.32 Å². The molecule has 0 radical (unpaired) electrons. The highest BCUT2D eigenvalue weighted by atomic mass is 127. The van der Waals surface area contributed by atoms with Crippen LogP contribution in [0.2, 0.25) is 0 Å². The molecule has 0 fully saturated rings. The van der Waals surface area contributed by atoms with Crippen LogP contribution in [-0.2, 0) is 3.07 Å². The first-order valence-electron chi connectivity index (χ1n) is 4.42. The molecule has 0 aliphatic carbocycles. The van der Waals surface area contributed by atoms with Crippen molar-refractivity contribution >= 4 is 29.0 Å². The van der Waals surface area contributed by atoms with Gasteiger partial charge in [-0.05, 0) is 34.0 Å². The van der Waals surface area contributed by atoms with Crippen LogP contribution in [-0.4, -0.2) is 44.7 Å². The lowest BCUT2D eigenvalue weighted by Crippen LogP contribution is -2.23. The molecule has 0 saturated heterocycles. The Bertz CT molecular complexity index is 150. The first-order chi connectivity index (χ1) is 6.20. The molecule has 0 saturated carbocycles. The van der Waals surface area contributed by atoms with Crippen LogP contribution in [0.5, 0.6) is 0 Å². The number of hydrogen-bond acceptors (Lipinski definition) is 3. The Labute approximate surface area is 94.4 Å². The Hall–Kier alpha value is -0.0400. The smallest absolute Gasteiger partial charge is 0.294 e. The van der Waals surface area contributed by atoms with Crippen molar-refractivity contribution in [2.75, 3.05) is 33.7 Å². The summed E-state index contributed by atoms with van der Waals surface area (Å²) in [6.45, 7) is 4.73. The third-order valence-corrected chi connectivity index (χ3v) is 1.84. The Kier molecular flexibility index (Phi) is 8.53. The lowest BCUT2D eigenvalue weighted by atomic mass is 10.4. The summed E-state index contributed by atoms with van der Waals surface area (Å²) in [6, 6.07) is 0.627. The van der Waals surface area contributed by atoms with Crippen molar-refractivity contribution in [3.63, 3.8) is 0 Å². The monoisotopic (exact) mass is 299 g/mol. The number of halogens is 1. The molecule has 0 aromatic carbocycles. The van der Waals surface area contributed by atoms with E-state index in [4.69, 9.17) is 3.07 Å². The maximum Gasteiger partial charge on any atom is 0.294 e. The van der Waals surface area contributed by atoms with Crippen LogP contribution in [0.3, 0.4) is 0 Å². The Morgan fingerprint density at radius 1 is 1.54 bits per heavy atom. The van der Waals surface area contributed by atoms with Gasteiger partial charge in [0.25, 0.3) is 6.02 Å². The summed E-state index contributed by atoms with van der Waals surface area (Å²) < 4.78 is 4.99. The summed E-state index contributed by atoms with van der Waals surface area (Å²) in [4.78, 5) is 6.40. The van der Waals surface area contributed by atoms with Crippen LogP contribution >= 0.6 is 23.0 Å². The van der Waals surface area contributed by atoms with E-state index in [0.717, 1.165) is 26.1 Å². The highest BCUT2D eigenvalue weighted by Crippen LogP contribution is 1.90.